The highest BCUT2D eigenvalue weighted by Gasteiger charge is 2.24. The van der Waals surface area contributed by atoms with Gasteiger partial charge in [-0.1, -0.05) is 13.5 Å². The first-order valence-electron chi connectivity index (χ1n) is 6.15. The summed E-state index contributed by atoms with van der Waals surface area (Å²) in [4.78, 5) is 16.7. The molecule has 0 aliphatic heterocycles. The van der Waals surface area contributed by atoms with Crippen LogP contribution in [0, 0.1) is 0 Å². The monoisotopic (exact) mass is 305 g/mol. The summed E-state index contributed by atoms with van der Waals surface area (Å²) in [5.74, 6) is 0.125. The van der Waals surface area contributed by atoms with Crippen LogP contribution in [0.2, 0.25) is 0 Å². The van der Waals surface area contributed by atoms with Gasteiger partial charge in [-0.15, -0.1) is 0 Å². The molecule has 20 heavy (non-hydrogen) atoms. The Balaban J connectivity index is 5.06. The molecule has 0 heterocycles. The minimum atomic E-state index is -3.51. The van der Waals surface area contributed by atoms with E-state index in [0.29, 0.717) is 6.42 Å². The average molecular weight is 305 g/mol. The molecule has 116 valence electrons. The van der Waals surface area contributed by atoms with Gasteiger partial charge in [-0.3, -0.25) is 4.31 Å². The second-order valence-corrected chi connectivity index (χ2v) is 6.27. The normalized spacial score (nSPS) is 13.1. The van der Waals surface area contributed by atoms with Crippen molar-refractivity contribution in [2.45, 2.75) is 26.3 Å². The summed E-state index contributed by atoms with van der Waals surface area (Å²) in [6.45, 7) is 7.31. The number of carbonyl (C=O) groups is 1. The van der Waals surface area contributed by atoms with E-state index in [4.69, 9.17) is 0 Å². The van der Waals surface area contributed by atoms with Crippen molar-refractivity contribution in [3.8, 4) is 0 Å². The van der Waals surface area contributed by atoms with Gasteiger partial charge in [-0.25, -0.2) is 18.2 Å². The Hall–Kier alpha value is -1.57. The second kappa shape index (κ2) is 7.88. The average Bonchev–Trinajstić information content (AvgIpc) is 2.38. The molecule has 0 rings (SSSR count). The maximum Gasteiger partial charge on any atom is 0.409 e. The highest BCUT2D eigenvalue weighted by Crippen LogP contribution is 2.12. The van der Waals surface area contributed by atoms with Crippen molar-refractivity contribution in [2.75, 3.05) is 27.0 Å². The van der Waals surface area contributed by atoms with Gasteiger partial charge >= 0.3 is 6.09 Å². The molecule has 0 aliphatic rings. The Labute approximate surface area is 121 Å². The summed E-state index contributed by atoms with van der Waals surface area (Å²) in [5, 5.41) is 0. The molecule has 0 saturated carbocycles. The first-order valence-corrected chi connectivity index (χ1v) is 7.99. The number of nitrogens with zero attached hydrogens (tertiary/aromatic N) is 3. The summed E-state index contributed by atoms with van der Waals surface area (Å²) >= 11 is 0. The predicted octanol–water partition coefficient (Wildman–Crippen LogP) is 1.29. The Morgan fingerprint density at radius 3 is 2.45 bits per heavy atom. The van der Waals surface area contributed by atoms with Crippen molar-refractivity contribution < 1.29 is 17.9 Å². The topological polar surface area (TPSA) is 79.3 Å². The number of rotatable bonds is 7. The predicted molar refractivity (Wildman–Crippen MR) is 79.1 cm³/mol. The van der Waals surface area contributed by atoms with Gasteiger partial charge in [0.15, 0.2) is 0 Å². The highest BCUT2D eigenvalue weighted by molar-refractivity contribution is 7.88. The molecular weight excluding hydrogens is 282 g/mol. The second-order valence-electron chi connectivity index (χ2n) is 4.36. The Morgan fingerprint density at radius 2 is 2.05 bits per heavy atom. The molecule has 0 unspecified atom stereocenters. The summed E-state index contributed by atoms with van der Waals surface area (Å²) in [5.41, 5.74) is 0. The zero-order valence-corrected chi connectivity index (χ0v) is 13.5. The van der Waals surface area contributed by atoms with Crippen molar-refractivity contribution in [2.24, 2.45) is 4.99 Å². The van der Waals surface area contributed by atoms with E-state index in [1.165, 1.54) is 19.1 Å². The number of methoxy groups -OCH3 is 1. The molecule has 0 aromatic heterocycles. The number of carbonyl (C=O) groups excluding carboxylic acids is 1. The standard InChI is InChI=1S/C12H23N3O4S/c1-7-8-13-11(3)15(20(6,17)18)9-10(2)14(4)12(16)19-5/h8,10H,3,7,9H2,1-2,4-6H3/t10-/m1/s1. The summed E-state index contributed by atoms with van der Waals surface area (Å²) in [7, 11) is -0.709. The van der Waals surface area contributed by atoms with Crippen LogP contribution < -0.4 is 0 Å². The van der Waals surface area contributed by atoms with Gasteiger partial charge in [-0.2, -0.15) is 0 Å². The van der Waals surface area contributed by atoms with Crippen molar-refractivity contribution in [3.05, 3.63) is 12.4 Å². The fourth-order valence-corrected chi connectivity index (χ4v) is 2.30. The Morgan fingerprint density at radius 1 is 1.50 bits per heavy atom. The minimum absolute atomic E-state index is 0.0598. The SMILES string of the molecule is C=C(N=CCC)N(C[C@@H](C)N(C)C(=O)OC)S(C)(=O)=O. The summed E-state index contributed by atoms with van der Waals surface area (Å²) in [6.07, 6.45) is 2.79. The third-order valence-electron chi connectivity index (χ3n) is 2.66. The molecular formula is C12H23N3O4S. The molecule has 8 heteroatoms. The fourth-order valence-electron chi connectivity index (χ4n) is 1.38. The lowest BCUT2D eigenvalue weighted by molar-refractivity contribution is 0.117. The van der Waals surface area contributed by atoms with Crippen LogP contribution in [0.25, 0.3) is 0 Å². The Bertz CT molecular complexity index is 473. The quantitative estimate of drug-likeness (QED) is 0.664. The van der Waals surface area contributed by atoms with Crippen LogP contribution in [0.4, 0.5) is 4.79 Å². The molecule has 0 radical (unpaired) electrons. The van der Waals surface area contributed by atoms with Crippen LogP contribution in [-0.2, 0) is 14.8 Å². The third-order valence-corrected chi connectivity index (χ3v) is 3.83. The van der Waals surface area contributed by atoms with E-state index < -0.39 is 16.1 Å². The smallest absolute Gasteiger partial charge is 0.409 e. The number of hydrogen-bond acceptors (Lipinski definition) is 5. The van der Waals surface area contributed by atoms with Gasteiger partial charge in [-0.05, 0) is 13.3 Å². The molecule has 0 N–H and O–H groups in total. The van der Waals surface area contributed by atoms with Gasteiger partial charge in [0.05, 0.1) is 26.0 Å². The summed E-state index contributed by atoms with van der Waals surface area (Å²) in [6, 6.07) is -0.384. The maximum absolute atomic E-state index is 11.8. The van der Waals surface area contributed by atoms with E-state index in [-0.39, 0.29) is 18.4 Å². The zero-order valence-electron chi connectivity index (χ0n) is 12.7. The largest absolute Gasteiger partial charge is 0.453 e. The Kier molecular flexibility index (Phi) is 7.26. The van der Waals surface area contributed by atoms with Crippen LogP contribution in [0.1, 0.15) is 20.3 Å². The van der Waals surface area contributed by atoms with Crippen molar-refractivity contribution >= 4 is 22.3 Å². The molecule has 0 aromatic carbocycles. The lowest BCUT2D eigenvalue weighted by Gasteiger charge is -2.29. The number of aliphatic imine (C=N–C) groups is 1. The number of likely N-dealkylation sites (N-methyl/N-ethyl adjacent to an activating group) is 1. The maximum atomic E-state index is 11.8. The van der Waals surface area contributed by atoms with Gasteiger partial charge in [0.2, 0.25) is 10.0 Å². The number of sulfonamides is 1. The number of amides is 1. The van der Waals surface area contributed by atoms with Crippen molar-refractivity contribution in [1.82, 2.24) is 9.21 Å². The lowest BCUT2D eigenvalue weighted by Crippen LogP contribution is -2.44. The first kappa shape index (κ1) is 18.4. The molecule has 0 spiro atoms. The minimum Gasteiger partial charge on any atom is -0.453 e. The van der Waals surface area contributed by atoms with Gasteiger partial charge in [0.1, 0.15) is 5.82 Å². The first-order chi connectivity index (χ1) is 9.15. The van der Waals surface area contributed by atoms with E-state index in [1.807, 2.05) is 6.92 Å². The van der Waals surface area contributed by atoms with E-state index >= 15 is 0 Å². The molecule has 0 aliphatic carbocycles. The highest BCUT2D eigenvalue weighted by atomic mass is 32.2. The fraction of sp³-hybridized carbons (Fsp3) is 0.667. The van der Waals surface area contributed by atoms with Crippen molar-refractivity contribution in [3.63, 3.8) is 0 Å². The van der Waals surface area contributed by atoms with E-state index in [2.05, 4.69) is 16.3 Å². The summed E-state index contributed by atoms with van der Waals surface area (Å²) < 4.78 is 29.2. The molecule has 0 bridgehead atoms. The number of hydrogen-bond donors (Lipinski definition) is 0. The molecule has 0 aromatic rings. The van der Waals surface area contributed by atoms with Crippen LogP contribution >= 0.6 is 0 Å². The molecule has 7 nitrogen and oxygen atoms in total. The van der Waals surface area contributed by atoms with Crippen LogP contribution in [0.3, 0.4) is 0 Å². The van der Waals surface area contributed by atoms with Crippen LogP contribution in [0.15, 0.2) is 17.4 Å². The molecule has 1 atom stereocenters. The molecule has 1 amide bonds. The lowest BCUT2D eigenvalue weighted by atomic mass is 10.3. The van der Waals surface area contributed by atoms with Crippen molar-refractivity contribution in [1.29, 1.82) is 0 Å². The third kappa shape index (κ3) is 5.60. The van der Waals surface area contributed by atoms with Gasteiger partial charge in [0, 0.05) is 13.3 Å². The van der Waals surface area contributed by atoms with Crippen LogP contribution in [0.5, 0.6) is 0 Å². The van der Waals surface area contributed by atoms with E-state index in [1.54, 1.807) is 13.1 Å². The zero-order chi connectivity index (χ0) is 15.9. The van der Waals surface area contributed by atoms with Gasteiger partial charge < -0.3 is 9.64 Å². The van der Waals surface area contributed by atoms with Crippen LogP contribution in [-0.4, -0.2) is 62.9 Å². The van der Waals surface area contributed by atoms with E-state index in [0.717, 1.165) is 10.6 Å². The van der Waals surface area contributed by atoms with E-state index in [9.17, 15) is 13.2 Å². The molecule has 0 fully saturated rings. The van der Waals surface area contributed by atoms with Gasteiger partial charge in [0.25, 0.3) is 0 Å². The number of ether oxygens (including phenoxy) is 1. The molecule has 0 saturated heterocycles.